The van der Waals surface area contributed by atoms with Gasteiger partial charge in [0.15, 0.2) is 6.73 Å². The Morgan fingerprint density at radius 2 is 2.15 bits per heavy atom. The number of carbonyl (C=O) groups excluding carboxylic acids is 1. The van der Waals surface area contributed by atoms with E-state index in [4.69, 9.17) is 4.74 Å². The zero-order chi connectivity index (χ0) is 13.9. The third-order valence-corrected chi connectivity index (χ3v) is 3.21. The maximum atomic E-state index is 11.5. The lowest BCUT2D eigenvalue weighted by Crippen LogP contribution is -2.29. The van der Waals surface area contributed by atoms with E-state index in [1.807, 2.05) is 43.3 Å². The molecule has 3 rings (SSSR count). The van der Waals surface area contributed by atoms with Crippen molar-refractivity contribution in [1.29, 1.82) is 0 Å². The Morgan fingerprint density at radius 1 is 1.40 bits per heavy atom. The Bertz CT molecular complexity index is 603. The van der Waals surface area contributed by atoms with Crippen LogP contribution in [0, 0.1) is 12.8 Å². The number of aromatic nitrogens is 2. The van der Waals surface area contributed by atoms with Crippen molar-refractivity contribution in [3.63, 3.8) is 0 Å². The van der Waals surface area contributed by atoms with Crippen LogP contribution in [0.3, 0.4) is 0 Å². The average Bonchev–Trinajstić information content (AvgIpc) is 3.24. The van der Waals surface area contributed by atoms with Crippen LogP contribution in [0.25, 0.3) is 5.69 Å². The highest BCUT2D eigenvalue weighted by molar-refractivity contribution is 5.80. The van der Waals surface area contributed by atoms with Crippen LogP contribution in [-0.4, -0.2) is 22.4 Å². The number of benzene rings is 1. The van der Waals surface area contributed by atoms with Gasteiger partial charge in [-0.3, -0.25) is 4.79 Å². The quantitative estimate of drug-likeness (QED) is 0.847. The third-order valence-electron chi connectivity index (χ3n) is 3.21. The first-order valence-corrected chi connectivity index (χ1v) is 6.76. The molecule has 1 aromatic carbocycles. The van der Waals surface area contributed by atoms with Gasteiger partial charge < -0.3 is 10.1 Å². The Kier molecular flexibility index (Phi) is 3.41. The lowest BCUT2D eigenvalue weighted by Gasteiger charge is -2.09. The van der Waals surface area contributed by atoms with Gasteiger partial charge in [-0.2, -0.15) is 5.10 Å². The Balaban J connectivity index is 1.68. The van der Waals surface area contributed by atoms with Crippen molar-refractivity contribution in [1.82, 2.24) is 15.1 Å². The van der Waals surface area contributed by atoms with Crippen LogP contribution in [0.4, 0.5) is 0 Å². The van der Waals surface area contributed by atoms with Crippen LogP contribution in [-0.2, 0) is 4.79 Å². The van der Waals surface area contributed by atoms with E-state index >= 15 is 0 Å². The molecule has 20 heavy (non-hydrogen) atoms. The van der Waals surface area contributed by atoms with Crippen molar-refractivity contribution in [2.45, 2.75) is 19.8 Å². The summed E-state index contributed by atoms with van der Waals surface area (Å²) in [5.41, 5.74) is 1.81. The molecule has 104 valence electrons. The van der Waals surface area contributed by atoms with E-state index in [1.165, 1.54) is 0 Å². The van der Waals surface area contributed by atoms with Crippen LogP contribution < -0.4 is 10.1 Å². The minimum absolute atomic E-state index is 0.0764. The number of nitrogens with zero attached hydrogens (tertiary/aromatic N) is 2. The highest BCUT2D eigenvalue weighted by Crippen LogP contribution is 2.28. The second-order valence-corrected chi connectivity index (χ2v) is 4.98. The fraction of sp³-hybridized carbons (Fsp3) is 0.333. The number of hydrogen-bond donors (Lipinski definition) is 1. The normalized spacial score (nSPS) is 14.1. The number of carbonyl (C=O) groups is 1. The molecule has 1 aromatic heterocycles. The van der Waals surface area contributed by atoms with Crippen molar-refractivity contribution in [2.75, 3.05) is 6.73 Å². The van der Waals surface area contributed by atoms with Crippen molar-refractivity contribution in [3.05, 3.63) is 42.1 Å². The second kappa shape index (κ2) is 5.36. The van der Waals surface area contributed by atoms with Crippen molar-refractivity contribution < 1.29 is 9.53 Å². The molecule has 0 saturated heterocycles. The first-order chi connectivity index (χ1) is 9.74. The van der Waals surface area contributed by atoms with E-state index in [-0.39, 0.29) is 18.6 Å². The highest BCUT2D eigenvalue weighted by atomic mass is 16.5. The maximum absolute atomic E-state index is 11.5. The van der Waals surface area contributed by atoms with Gasteiger partial charge in [-0.1, -0.05) is 18.2 Å². The number of rotatable bonds is 5. The first kappa shape index (κ1) is 12.7. The molecular weight excluding hydrogens is 254 g/mol. The number of hydrogen-bond acceptors (Lipinski definition) is 3. The molecule has 1 aliphatic carbocycles. The molecule has 1 fully saturated rings. The van der Waals surface area contributed by atoms with E-state index in [2.05, 4.69) is 10.4 Å². The molecule has 0 spiro atoms. The van der Waals surface area contributed by atoms with Gasteiger partial charge >= 0.3 is 0 Å². The Hall–Kier alpha value is -2.30. The van der Waals surface area contributed by atoms with E-state index in [1.54, 1.807) is 4.68 Å². The van der Waals surface area contributed by atoms with Gasteiger partial charge in [0, 0.05) is 12.0 Å². The monoisotopic (exact) mass is 271 g/mol. The minimum Gasteiger partial charge on any atom is -0.456 e. The van der Waals surface area contributed by atoms with Crippen molar-refractivity contribution in [2.24, 2.45) is 5.92 Å². The molecule has 2 aromatic rings. The highest BCUT2D eigenvalue weighted by Gasteiger charge is 2.29. The third kappa shape index (κ3) is 2.82. The van der Waals surface area contributed by atoms with E-state index in [9.17, 15) is 4.79 Å². The van der Waals surface area contributed by atoms with Gasteiger partial charge in [0.25, 0.3) is 0 Å². The zero-order valence-electron chi connectivity index (χ0n) is 11.4. The Morgan fingerprint density at radius 3 is 2.85 bits per heavy atom. The fourth-order valence-electron chi connectivity index (χ4n) is 2.00. The predicted octanol–water partition coefficient (Wildman–Crippen LogP) is 2.04. The first-order valence-electron chi connectivity index (χ1n) is 6.76. The largest absolute Gasteiger partial charge is 0.456 e. The molecule has 1 N–H and O–H groups in total. The number of nitrogens with one attached hydrogen (secondary N) is 1. The molecule has 1 heterocycles. The summed E-state index contributed by atoms with van der Waals surface area (Å²) in [6.45, 7) is 2.09. The van der Waals surface area contributed by atoms with Gasteiger partial charge in [0.1, 0.15) is 0 Å². The summed E-state index contributed by atoms with van der Waals surface area (Å²) in [6, 6.07) is 11.6. The van der Waals surface area contributed by atoms with Gasteiger partial charge in [0.05, 0.1) is 11.4 Å². The van der Waals surface area contributed by atoms with Crippen LogP contribution >= 0.6 is 0 Å². The molecule has 1 amide bonds. The fourth-order valence-corrected chi connectivity index (χ4v) is 2.00. The molecule has 5 heteroatoms. The van der Waals surface area contributed by atoms with Gasteiger partial charge in [-0.25, -0.2) is 4.68 Å². The number of amides is 1. The molecule has 0 atom stereocenters. The standard InChI is InChI=1S/C15H17N3O2/c1-11-9-14(20-10-16-15(19)12-7-8-12)18(17-11)13-5-3-2-4-6-13/h2-6,9,12H,7-8,10H2,1H3,(H,16,19). The van der Waals surface area contributed by atoms with E-state index in [0.29, 0.717) is 5.88 Å². The maximum Gasteiger partial charge on any atom is 0.225 e. The summed E-state index contributed by atoms with van der Waals surface area (Å²) < 4.78 is 7.36. The lowest BCUT2D eigenvalue weighted by atomic mass is 10.3. The smallest absolute Gasteiger partial charge is 0.225 e. The van der Waals surface area contributed by atoms with Gasteiger partial charge in [-0.15, -0.1) is 0 Å². The molecule has 1 aliphatic rings. The van der Waals surface area contributed by atoms with E-state index < -0.39 is 0 Å². The van der Waals surface area contributed by atoms with Crippen LogP contribution in [0.5, 0.6) is 5.88 Å². The van der Waals surface area contributed by atoms with E-state index in [0.717, 1.165) is 24.2 Å². The molecular formula is C15H17N3O2. The number of ether oxygens (including phenoxy) is 1. The Labute approximate surface area is 117 Å². The van der Waals surface area contributed by atoms with Gasteiger partial charge in [0.2, 0.25) is 11.8 Å². The summed E-state index contributed by atoms with van der Waals surface area (Å²) in [5, 5.41) is 7.18. The molecule has 0 bridgehead atoms. The molecule has 0 aliphatic heterocycles. The number of para-hydroxylation sites is 1. The average molecular weight is 271 g/mol. The predicted molar refractivity (Wildman–Crippen MR) is 74.7 cm³/mol. The minimum atomic E-state index is 0.0764. The molecule has 1 saturated carbocycles. The van der Waals surface area contributed by atoms with Crippen LogP contribution in [0.2, 0.25) is 0 Å². The summed E-state index contributed by atoms with van der Waals surface area (Å²) in [4.78, 5) is 11.5. The molecule has 5 nitrogen and oxygen atoms in total. The summed E-state index contributed by atoms with van der Waals surface area (Å²) in [6.07, 6.45) is 1.99. The molecule has 0 radical (unpaired) electrons. The number of aryl methyl sites for hydroxylation is 1. The second-order valence-electron chi connectivity index (χ2n) is 4.98. The van der Waals surface area contributed by atoms with Gasteiger partial charge in [-0.05, 0) is 31.9 Å². The SMILES string of the molecule is Cc1cc(OCNC(=O)C2CC2)n(-c2ccccc2)n1. The summed E-state index contributed by atoms with van der Waals surface area (Å²) in [5.74, 6) is 0.900. The summed E-state index contributed by atoms with van der Waals surface area (Å²) in [7, 11) is 0. The van der Waals surface area contributed by atoms with Crippen molar-refractivity contribution >= 4 is 5.91 Å². The topological polar surface area (TPSA) is 56.1 Å². The molecule has 0 unspecified atom stereocenters. The lowest BCUT2D eigenvalue weighted by molar-refractivity contribution is -0.123. The van der Waals surface area contributed by atoms with Crippen molar-refractivity contribution in [3.8, 4) is 11.6 Å². The zero-order valence-corrected chi connectivity index (χ0v) is 11.4. The van der Waals surface area contributed by atoms with Crippen LogP contribution in [0.1, 0.15) is 18.5 Å². The van der Waals surface area contributed by atoms with Crippen LogP contribution in [0.15, 0.2) is 36.4 Å². The summed E-state index contributed by atoms with van der Waals surface area (Å²) >= 11 is 0.